The van der Waals surface area contributed by atoms with Gasteiger partial charge in [0.2, 0.25) is 0 Å². The molecule has 4 rings (SSSR count). The van der Waals surface area contributed by atoms with Crippen LogP contribution in [-0.4, -0.2) is 31.1 Å². The van der Waals surface area contributed by atoms with E-state index in [1.54, 1.807) is 17.7 Å². The SMILES string of the molecule is CCCC1Cc2ccc(OCCNS(=O)(=O)c3cn(C)cn3)cc2C1Cc1cccc(C(F)(F)F)c1. The normalized spacial score (nSPS) is 17.8. The molecule has 1 aromatic heterocycles. The van der Waals surface area contributed by atoms with Crippen LogP contribution >= 0.6 is 0 Å². The van der Waals surface area contributed by atoms with E-state index in [-0.39, 0.29) is 24.1 Å². The minimum atomic E-state index is -4.37. The number of imidazole rings is 1. The third-order valence-corrected chi connectivity index (χ3v) is 7.90. The Hall–Kier alpha value is -2.85. The number of aryl methyl sites for hydroxylation is 1. The fraction of sp³-hybridized carbons (Fsp3) is 0.423. The Morgan fingerprint density at radius 3 is 2.69 bits per heavy atom. The second-order valence-corrected chi connectivity index (χ2v) is 11.0. The van der Waals surface area contributed by atoms with Gasteiger partial charge in [0.25, 0.3) is 10.0 Å². The molecule has 1 N–H and O–H groups in total. The van der Waals surface area contributed by atoms with Crippen LogP contribution in [0.25, 0.3) is 0 Å². The maximum Gasteiger partial charge on any atom is 0.416 e. The number of sulfonamides is 1. The van der Waals surface area contributed by atoms with Crippen LogP contribution in [0.4, 0.5) is 13.2 Å². The van der Waals surface area contributed by atoms with Crippen LogP contribution in [0.3, 0.4) is 0 Å². The lowest BCUT2D eigenvalue weighted by atomic mass is 9.84. The molecule has 0 spiro atoms. The lowest BCUT2D eigenvalue weighted by molar-refractivity contribution is -0.137. The number of aromatic nitrogens is 2. The lowest BCUT2D eigenvalue weighted by Crippen LogP contribution is -2.28. The average Bonchev–Trinajstić information content (AvgIpc) is 3.41. The summed E-state index contributed by atoms with van der Waals surface area (Å²) in [6.07, 6.45) is 1.86. The van der Waals surface area contributed by atoms with Crippen molar-refractivity contribution in [3.8, 4) is 5.75 Å². The highest BCUT2D eigenvalue weighted by atomic mass is 32.2. The third-order valence-electron chi connectivity index (χ3n) is 6.56. The third kappa shape index (κ3) is 6.10. The van der Waals surface area contributed by atoms with E-state index in [2.05, 4.69) is 16.6 Å². The van der Waals surface area contributed by atoms with E-state index in [4.69, 9.17) is 4.74 Å². The average molecular weight is 522 g/mol. The Morgan fingerprint density at radius 1 is 1.19 bits per heavy atom. The minimum absolute atomic E-state index is 0.0538. The van der Waals surface area contributed by atoms with Crippen molar-refractivity contribution in [2.45, 2.75) is 49.7 Å². The molecule has 2 atom stereocenters. The van der Waals surface area contributed by atoms with Crippen molar-refractivity contribution < 1.29 is 26.3 Å². The summed E-state index contributed by atoms with van der Waals surface area (Å²) in [4.78, 5) is 3.86. The molecular formula is C26H30F3N3O3S. The van der Waals surface area contributed by atoms with E-state index < -0.39 is 21.8 Å². The van der Waals surface area contributed by atoms with Crippen LogP contribution < -0.4 is 9.46 Å². The number of alkyl halides is 3. The van der Waals surface area contributed by atoms with Gasteiger partial charge in [0.1, 0.15) is 12.4 Å². The van der Waals surface area contributed by atoms with Gasteiger partial charge in [0, 0.05) is 19.8 Å². The summed E-state index contributed by atoms with van der Waals surface area (Å²) in [6, 6.07) is 11.4. The Bertz CT molecular complexity index is 1310. The molecule has 6 nitrogen and oxygen atoms in total. The Kier molecular flexibility index (Phi) is 7.75. The van der Waals surface area contributed by atoms with Crippen molar-refractivity contribution in [1.29, 1.82) is 0 Å². The van der Waals surface area contributed by atoms with E-state index in [1.165, 1.54) is 30.2 Å². The molecule has 1 aliphatic carbocycles. The predicted molar refractivity (Wildman–Crippen MR) is 130 cm³/mol. The van der Waals surface area contributed by atoms with E-state index in [0.29, 0.717) is 23.7 Å². The largest absolute Gasteiger partial charge is 0.492 e. The summed E-state index contributed by atoms with van der Waals surface area (Å²) < 4.78 is 74.1. The molecule has 0 amide bonds. The highest BCUT2D eigenvalue weighted by molar-refractivity contribution is 7.89. The van der Waals surface area contributed by atoms with Gasteiger partial charge in [-0.1, -0.05) is 37.6 Å². The standard InChI is InChI=1S/C26H30F3N3O3S/c1-3-5-19-14-20-8-9-22(35-11-10-31-36(33,34)25-16-32(2)17-30-25)15-24(20)23(19)13-18-6-4-7-21(12-18)26(27,28)29/h4,6-9,12,15-17,19,23,31H,3,5,10-11,13-14H2,1-2H3. The van der Waals surface area contributed by atoms with Crippen LogP contribution in [0, 0.1) is 5.92 Å². The quantitative estimate of drug-likeness (QED) is 0.377. The van der Waals surface area contributed by atoms with Gasteiger partial charge >= 0.3 is 6.18 Å². The number of hydrogen-bond acceptors (Lipinski definition) is 4. The van der Waals surface area contributed by atoms with Crippen molar-refractivity contribution in [1.82, 2.24) is 14.3 Å². The topological polar surface area (TPSA) is 73.2 Å². The van der Waals surface area contributed by atoms with E-state index in [0.717, 1.165) is 30.9 Å². The van der Waals surface area contributed by atoms with Crippen molar-refractivity contribution in [3.05, 3.63) is 77.2 Å². The maximum absolute atomic E-state index is 13.2. The first kappa shape index (κ1) is 26.2. The zero-order chi connectivity index (χ0) is 25.9. The Morgan fingerprint density at radius 2 is 2.00 bits per heavy atom. The van der Waals surface area contributed by atoms with Gasteiger partial charge in [-0.2, -0.15) is 13.2 Å². The molecule has 1 heterocycles. The van der Waals surface area contributed by atoms with Gasteiger partial charge < -0.3 is 9.30 Å². The fourth-order valence-electron chi connectivity index (χ4n) is 4.90. The molecule has 2 aromatic carbocycles. The van der Waals surface area contributed by atoms with Crippen LogP contribution in [-0.2, 0) is 36.1 Å². The molecule has 3 aromatic rings. The van der Waals surface area contributed by atoms with Gasteiger partial charge in [0.05, 0.1) is 11.9 Å². The molecule has 0 bridgehead atoms. The highest BCUT2D eigenvalue weighted by Crippen LogP contribution is 2.44. The first-order valence-electron chi connectivity index (χ1n) is 12.0. The van der Waals surface area contributed by atoms with Crippen molar-refractivity contribution >= 4 is 10.0 Å². The smallest absolute Gasteiger partial charge is 0.416 e. The number of rotatable bonds is 10. The van der Waals surface area contributed by atoms with Crippen molar-refractivity contribution in [3.63, 3.8) is 0 Å². The predicted octanol–water partition coefficient (Wildman–Crippen LogP) is 5.09. The second kappa shape index (κ2) is 10.6. The zero-order valence-corrected chi connectivity index (χ0v) is 21.1. The van der Waals surface area contributed by atoms with Gasteiger partial charge in [-0.25, -0.2) is 18.1 Å². The number of fused-ring (bicyclic) bond motifs is 1. The number of hydrogen-bond donors (Lipinski definition) is 1. The first-order chi connectivity index (χ1) is 17.1. The number of halogens is 3. The minimum Gasteiger partial charge on any atom is -0.492 e. The van der Waals surface area contributed by atoms with Crippen LogP contribution in [0.15, 0.2) is 60.0 Å². The fourth-order valence-corrected chi connectivity index (χ4v) is 5.89. The molecular weight excluding hydrogens is 491 g/mol. The summed E-state index contributed by atoms with van der Waals surface area (Å²) in [5.41, 5.74) is 2.32. The van der Waals surface area contributed by atoms with E-state index in [9.17, 15) is 21.6 Å². The summed E-state index contributed by atoms with van der Waals surface area (Å²) >= 11 is 0. The summed E-state index contributed by atoms with van der Waals surface area (Å²) in [7, 11) is -2.03. The zero-order valence-electron chi connectivity index (χ0n) is 20.3. The van der Waals surface area contributed by atoms with Crippen LogP contribution in [0.1, 0.15) is 47.9 Å². The number of ether oxygens (including phenoxy) is 1. The summed E-state index contributed by atoms with van der Waals surface area (Å²) in [6.45, 7) is 2.31. The molecule has 10 heteroatoms. The van der Waals surface area contributed by atoms with Gasteiger partial charge in [-0.15, -0.1) is 0 Å². The van der Waals surface area contributed by atoms with Crippen molar-refractivity contribution in [2.75, 3.05) is 13.2 Å². The second-order valence-electron chi connectivity index (χ2n) is 9.25. The summed E-state index contributed by atoms with van der Waals surface area (Å²) in [5.74, 6) is 1.05. The van der Waals surface area contributed by atoms with Gasteiger partial charge in [0.15, 0.2) is 5.03 Å². The van der Waals surface area contributed by atoms with Gasteiger partial charge in [-0.3, -0.25) is 0 Å². The lowest BCUT2D eigenvalue weighted by Gasteiger charge is -2.21. The molecule has 194 valence electrons. The van der Waals surface area contributed by atoms with Crippen LogP contribution in [0.5, 0.6) is 5.75 Å². The molecule has 1 aliphatic rings. The van der Waals surface area contributed by atoms with Crippen LogP contribution in [0.2, 0.25) is 0 Å². The van der Waals surface area contributed by atoms with E-state index >= 15 is 0 Å². The Labute approximate surface area is 209 Å². The molecule has 0 saturated heterocycles. The molecule has 2 unspecified atom stereocenters. The highest BCUT2D eigenvalue weighted by Gasteiger charge is 2.34. The summed E-state index contributed by atoms with van der Waals surface area (Å²) in [5, 5.41) is -0.0538. The Balaban J connectivity index is 1.45. The number of nitrogens with one attached hydrogen (secondary N) is 1. The number of benzene rings is 2. The maximum atomic E-state index is 13.2. The molecule has 0 fully saturated rings. The van der Waals surface area contributed by atoms with Gasteiger partial charge in [-0.05, 0) is 66.0 Å². The molecule has 0 saturated carbocycles. The van der Waals surface area contributed by atoms with Crippen molar-refractivity contribution in [2.24, 2.45) is 13.0 Å². The molecule has 36 heavy (non-hydrogen) atoms. The molecule has 0 radical (unpaired) electrons. The monoisotopic (exact) mass is 521 g/mol. The molecule has 0 aliphatic heterocycles. The van der Waals surface area contributed by atoms with E-state index in [1.807, 2.05) is 18.2 Å². The first-order valence-corrected chi connectivity index (χ1v) is 13.4. The number of nitrogens with zero attached hydrogens (tertiary/aromatic N) is 2.